The number of amides is 1. The van der Waals surface area contributed by atoms with Crippen molar-refractivity contribution in [2.24, 2.45) is 5.92 Å². The highest BCUT2D eigenvalue weighted by atomic mass is 35.5. The highest BCUT2D eigenvalue weighted by Gasteiger charge is 2.27. The molecule has 0 atom stereocenters. The summed E-state index contributed by atoms with van der Waals surface area (Å²) in [5.74, 6) is 0.0675. The fraction of sp³-hybridized carbons (Fsp3) is 0.455. The Bertz CT molecular complexity index is 433. The van der Waals surface area contributed by atoms with Crippen molar-refractivity contribution in [2.45, 2.75) is 18.9 Å². The molecular formula is C11H14ClN3O2. The summed E-state index contributed by atoms with van der Waals surface area (Å²) in [6, 6.07) is 1.50. The molecule has 1 aliphatic rings. The molecule has 0 saturated heterocycles. The van der Waals surface area contributed by atoms with Crippen LogP contribution in [0, 0.1) is 5.92 Å². The molecule has 17 heavy (non-hydrogen) atoms. The molecule has 2 rings (SSSR count). The number of hydrogen-bond acceptors (Lipinski definition) is 4. The second kappa shape index (κ2) is 4.89. The van der Waals surface area contributed by atoms with Gasteiger partial charge < -0.3 is 16.2 Å². The lowest BCUT2D eigenvalue weighted by molar-refractivity contribution is 0.0420. The van der Waals surface area contributed by atoms with Gasteiger partial charge in [0.15, 0.2) is 0 Å². The van der Waals surface area contributed by atoms with Crippen molar-refractivity contribution in [1.82, 2.24) is 10.3 Å². The second-order valence-corrected chi connectivity index (χ2v) is 4.67. The van der Waals surface area contributed by atoms with Crippen molar-refractivity contribution < 1.29 is 9.90 Å². The predicted molar refractivity (Wildman–Crippen MR) is 64.7 cm³/mol. The molecule has 1 fully saturated rings. The van der Waals surface area contributed by atoms with Gasteiger partial charge in [-0.2, -0.15) is 0 Å². The van der Waals surface area contributed by atoms with Crippen LogP contribution in [-0.2, 0) is 0 Å². The van der Waals surface area contributed by atoms with Crippen LogP contribution in [0.5, 0.6) is 0 Å². The Morgan fingerprint density at radius 3 is 3.00 bits per heavy atom. The number of halogens is 1. The van der Waals surface area contributed by atoms with E-state index in [9.17, 15) is 4.79 Å². The number of anilines is 1. The monoisotopic (exact) mass is 255 g/mol. The summed E-state index contributed by atoms with van der Waals surface area (Å²) in [6.45, 7) is 0.543. The third kappa shape index (κ3) is 2.87. The number of hydrogen-bond donors (Lipinski definition) is 3. The zero-order chi connectivity index (χ0) is 12.4. The lowest BCUT2D eigenvalue weighted by Gasteiger charge is -2.31. The third-order valence-corrected chi connectivity index (χ3v) is 3.17. The molecule has 1 saturated carbocycles. The normalized spacial score (nSPS) is 22.9. The number of nitrogens with one attached hydrogen (secondary N) is 1. The van der Waals surface area contributed by atoms with Crippen LogP contribution in [0.15, 0.2) is 12.3 Å². The van der Waals surface area contributed by atoms with Gasteiger partial charge in [0, 0.05) is 6.54 Å². The summed E-state index contributed by atoms with van der Waals surface area (Å²) in [7, 11) is 0. The van der Waals surface area contributed by atoms with E-state index in [2.05, 4.69) is 10.3 Å². The van der Waals surface area contributed by atoms with Gasteiger partial charge in [0.2, 0.25) is 0 Å². The smallest absolute Gasteiger partial charge is 0.254 e. The van der Waals surface area contributed by atoms with E-state index >= 15 is 0 Å². The Kier molecular flexibility index (Phi) is 3.49. The van der Waals surface area contributed by atoms with Gasteiger partial charge in [0.25, 0.3) is 5.91 Å². The molecule has 0 radical (unpaired) electrons. The number of aliphatic hydroxyl groups excluding tert-OH is 1. The van der Waals surface area contributed by atoms with Crippen LogP contribution in [0.4, 0.5) is 5.69 Å². The molecule has 1 aromatic heterocycles. The molecule has 1 aliphatic carbocycles. The van der Waals surface area contributed by atoms with E-state index < -0.39 is 0 Å². The second-order valence-electron chi connectivity index (χ2n) is 4.31. The van der Waals surface area contributed by atoms with Crippen molar-refractivity contribution in [3.8, 4) is 0 Å². The molecule has 0 aromatic carbocycles. The summed E-state index contributed by atoms with van der Waals surface area (Å²) in [4.78, 5) is 15.6. The zero-order valence-electron chi connectivity index (χ0n) is 9.19. The molecular weight excluding hydrogens is 242 g/mol. The molecule has 5 nitrogen and oxygen atoms in total. The van der Waals surface area contributed by atoms with Gasteiger partial charge in [-0.3, -0.25) is 4.79 Å². The van der Waals surface area contributed by atoms with Crippen LogP contribution in [0.1, 0.15) is 23.2 Å². The molecule has 1 heterocycles. The number of nitrogens with zero attached hydrogens (tertiary/aromatic N) is 1. The number of nitrogen functional groups attached to an aromatic ring is 1. The Labute approximate surface area is 104 Å². The molecule has 1 amide bonds. The molecule has 1 aromatic rings. The topological polar surface area (TPSA) is 88.2 Å². The lowest BCUT2D eigenvalue weighted by atomic mass is 9.82. The van der Waals surface area contributed by atoms with E-state index in [1.165, 1.54) is 12.3 Å². The van der Waals surface area contributed by atoms with Crippen molar-refractivity contribution >= 4 is 23.2 Å². The third-order valence-electron chi connectivity index (χ3n) is 2.87. The number of nitrogens with two attached hydrogens (primary N) is 1. The van der Waals surface area contributed by atoms with Crippen molar-refractivity contribution in [1.29, 1.82) is 0 Å². The number of carbonyl (C=O) groups excluding carboxylic acids is 1. The van der Waals surface area contributed by atoms with Crippen LogP contribution in [0.3, 0.4) is 0 Å². The molecule has 0 unspecified atom stereocenters. The number of aromatic nitrogens is 1. The van der Waals surface area contributed by atoms with Crippen molar-refractivity contribution in [3.63, 3.8) is 0 Å². The maximum absolute atomic E-state index is 11.8. The van der Waals surface area contributed by atoms with Crippen molar-refractivity contribution in [3.05, 3.63) is 23.0 Å². The van der Waals surface area contributed by atoms with Gasteiger partial charge >= 0.3 is 0 Å². The van der Waals surface area contributed by atoms with E-state index in [-0.39, 0.29) is 22.7 Å². The maximum atomic E-state index is 11.8. The summed E-state index contributed by atoms with van der Waals surface area (Å²) >= 11 is 5.81. The molecule has 0 bridgehead atoms. The van der Waals surface area contributed by atoms with E-state index in [4.69, 9.17) is 22.4 Å². The average molecular weight is 256 g/mol. The first-order valence-electron chi connectivity index (χ1n) is 5.43. The van der Waals surface area contributed by atoms with Crippen LogP contribution in [-0.4, -0.2) is 28.6 Å². The fourth-order valence-electron chi connectivity index (χ4n) is 1.82. The molecule has 92 valence electrons. The number of aliphatic hydroxyl groups is 1. The molecule has 0 spiro atoms. The SMILES string of the molecule is Nc1cnc(Cl)c(C(=O)NCC2CC(O)C2)c1. The van der Waals surface area contributed by atoms with E-state index in [1.807, 2.05) is 0 Å². The first-order valence-corrected chi connectivity index (χ1v) is 5.81. The zero-order valence-corrected chi connectivity index (χ0v) is 9.94. The van der Waals surface area contributed by atoms with Gasteiger partial charge in [-0.25, -0.2) is 4.98 Å². The first kappa shape index (κ1) is 12.1. The quantitative estimate of drug-likeness (QED) is 0.698. The van der Waals surface area contributed by atoms with Crippen LogP contribution in [0.25, 0.3) is 0 Å². The number of rotatable bonds is 3. The van der Waals surface area contributed by atoms with Gasteiger partial charge in [-0.05, 0) is 24.8 Å². The summed E-state index contributed by atoms with van der Waals surface area (Å²) in [5, 5.41) is 12.0. The minimum Gasteiger partial charge on any atom is -0.397 e. The first-order chi connectivity index (χ1) is 8.06. The van der Waals surface area contributed by atoms with E-state index in [1.54, 1.807) is 0 Å². The Morgan fingerprint density at radius 2 is 2.35 bits per heavy atom. The summed E-state index contributed by atoms with van der Waals surface area (Å²) in [5.41, 5.74) is 6.23. The lowest BCUT2D eigenvalue weighted by Crippen LogP contribution is -2.38. The van der Waals surface area contributed by atoms with Gasteiger partial charge in [0.1, 0.15) is 5.15 Å². The Balaban J connectivity index is 1.92. The van der Waals surface area contributed by atoms with Gasteiger partial charge in [-0.15, -0.1) is 0 Å². The number of pyridine rings is 1. The van der Waals surface area contributed by atoms with E-state index in [0.29, 0.717) is 18.2 Å². The van der Waals surface area contributed by atoms with Gasteiger partial charge in [0.05, 0.1) is 23.6 Å². The van der Waals surface area contributed by atoms with E-state index in [0.717, 1.165) is 12.8 Å². The number of carbonyl (C=O) groups is 1. The summed E-state index contributed by atoms with van der Waals surface area (Å²) < 4.78 is 0. The molecule has 4 N–H and O–H groups in total. The standard InChI is InChI=1S/C11H14ClN3O2/c12-10-9(3-7(13)5-14-10)11(17)15-4-6-1-8(16)2-6/h3,5-6,8,16H,1-2,4,13H2,(H,15,17). The van der Waals surface area contributed by atoms with Crippen LogP contribution < -0.4 is 11.1 Å². The predicted octanol–water partition coefficient (Wildman–Crippen LogP) is 0.818. The Hall–Kier alpha value is -1.33. The summed E-state index contributed by atoms with van der Waals surface area (Å²) in [6.07, 6.45) is 2.67. The minimum absolute atomic E-state index is 0.144. The maximum Gasteiger partial charge on any atom is 0.254 e. The molecule has 6 heteroatoms. The highest BCUT2D eigenvalue weighted by Crippen LogP contribution is 2.26. The van der Waals surface area contributed by atoms with Crippen LogP contribution in [0.2, 0.25) is 5.15 Å². The fourth-order valence-corrected chi connectivity index (χ4v) is 2.01. The van der Waals surface area contributed by atoms with Gasteiger partial charge in [-0.1, -0.05) is 11.6 Å². The highest BCUT2D eigenvalue weighted by molar-refractivity contribution is 6.32. The average Bonchev–Trinajstić information content (AvgIpc) is 2.26. The largest absolute Gasteiger partial charge is 0.397 e. The van der Waals surface area contributed by atoms with Crippen LogP contribution >= 0.6 is 11.6 Å². The molecule has 0 aliphatic heterocycles. The Morgan fingerprint density at radius 1 is 1.65 bits per heavy atom. The minimum atomic E-state index is -0.281. The van der Waals surface area contributed by atoms with Crippen molar-refractivity contribution in [2.75, 3.05) is 12.3 Å².